The molecule has 2 aromatic rings. The Morgan fingerprint density at radius 2 is 1.69 bits per heavy atom. The minimum atomic E-state index is 0. The van der Waals surface area contributed by atoms with Crippen LogP contribution in [0, 0.1) is 23.7 Å². The van der Waals surface area contributed by atoms with Gasteiger partial charge < -0.3 is 10.2 Å². The van der Waals surface area contributed by atoms with Crippen molar-refractivity contribution < 1.29 is 4.79 Å². The van der Waals surface area contributed by atoms with Crippen LogP contribution in [-0.2, 0) is 17.9 Å². The monoisotopic (exact) mass is 494 g/mol. The van der Waals surface area contributed by atoms with E-state index >= 15 is 0 Å². The van der Waals surface area contributed by atoms with Crippen molar-refractivity contribution in [2.45, 2.75) is 93.8 Å². The van der Waals surface area contributed by atoms with Crippen LogP contribution < -0.4 is 5.32 Å². The average molecular weight is 495 g/mol. The van der Waals surface area contributed by atoms with E-state index in [1.807, 2.05) is 20.0 Å². The highest BCUT2D eigenvalue weighted by Gasteiger charge is 2.36. The molecule has 1 amide bonds. The maximum atomic E-state index is 13.3. The number of hydrogen-bond donors (Lipinski definition) is 1. The molecule has 1 aromatic heterocycles. The Hall–Kier alpha value is -2.56. The Labute approximate surface area is 220 Å². The molecule has 0 spiro atoms. The zero-order valence-corrected chi connectivity index (χ0v) is 22.8. The van der Waals surface area contributed by atoms with Crippen molar-refractivity contribution in [3.05, 3.63) is 54.4 Å². The molecule has 1 saturated heterocycles. The molecular weight excluding hydrogens is 444 g/mol. The van der Waals surface area contributed by atoms with Crippen LogP contribution in [0.3, 0.4) is 0 Å². The van der Waals surface area contributed by atoms with Gasteiger partial charge in [0.05, 0.1) is 11.7 Å². The van der Waals surface area contributed by atoms with Gasteiger partial charge in [-0.3, -0.25) is 9.48 Å². The molecule has 1 aliphatic carbocycles. The normalized spacial score (nSPS) is 17.1. The van der Waals surface area contributed by atoms with Crippen LogP contribution >= 0.6 is 0 Å². The molecule has 36 heavy (non-hydrogen) atoms. The third-order valence-corrected chi connectivity index (χ3v) is 7.27. The lowest BCUT2D eigenvalue weighted by Gasteiger charge is -2.33. The van der Waals surface area contributed by atoms with E-state index in [0.29, 0.717) is 11.8 Å². The molecule has 1 aromatic carbocycles. The Balaban J connectivity index is 0.00000148. The average Bonchev–Trinajstić information content (AvgIpc) is 3.32. The zero-order chi connectivity index (χ0) is 25.5. The van der Waals surface area contributed by atoms with E-state index in [0.717, 1.165) is 44.1 Å². The van der Waals surface area contributed by atoms with Crippen LogP contribution in [0.15, 0.2) is 48.8 Å². The summed E-state index contributed by atoms with van der Waals surface area (Å²) in [6.45, 7) is 19.5. The number of amides is 1. The molecule has 1 saturated carbocycles. The molecular formula is C31H50N4O. The maximum absolute atomic E-state index is 13.3. The van der Waals surface area contributed by atoms with Gasteiger partial charge in [-0.1, -0.05) is 79.8 Å². The molecule has 2 heterocycles. The van der Waals surface area contributed by atoms with Gasteiger partial charge in [0, 0.05) is 37.4 Å². The minimum Gasteiger partial charge on any atom is -0.383 e. The number of aromatic nitrogens is 2. The second-order valence-electron chi connectivity index (χ2n) is 10.6. The van der Waals surface area contributed by atoms with Crippen LogP contribution in [0.25, 0.3) is 11.3 Å². The summed E-state index contributed by atoms with van der Waals surface area (Å²) < 4.78 is 2.14. The fourth-order valence-electron chi connectivity index (χ4n) is 5.32. The quantitative estimate of drug-likeness (QED) is 0.382. The standard InChI is InChI=1S/C28H40N4O.C2H6.CH4/c1-19(2)27(20(3)4)28(33)31-16-6-7-25(31)21(5)29-17-22-10-12-24(13-11-22)26-14-15-30-32(26)18-23-8-9-23;1-2;/h10-15,19-20,23,25,27,29H,5-9,16-18H2,1-4H3;1-2H3;1H4. The number of hydrogen-bond acceptors (Lipinski definition) is 3. The summed E-state index contributed by atoms with van der Waals surface area (Å²) in [7, 11) is 0. The van der Waals surface area contributed by atoms with Crippen LogP contribution in [0.2, 0.25) is 0 Å². The molecule has 5 heteroatoms. The number of nitrogens with one attached hydrogen (secondary N) is 1. The van der Waals surface area contributed by atoms with E-state index in [9.17, 15) is 4.79 Å². The van der Waals surface area contributed by atoms with Gasteiger partial charge in [-0.25, -0.2) is 0 Å². The van der Waals surface area contributed by atoms with Gasteiger partial charge in [-0.2, -0.15) is 5.10 Å². The van der Waals surface area contributed by atoms with Crippen LogP contribution in [0.4, 0.5) is 0 Å². The highest BCUT2D eigenvalue weighted by molar-refractivity contribution is 5.80. The number of carbonyl (C=O) groups excluding carboxylic acids is 1. The first-order chi connectivity index (χ1) is 16.8. The van der Waals surface area contributed by atoms with Crippen LogP contribution in [0.5, 0.6) is 0 Å². The number of benzene rings is 1. The first kappa shape index (κ1) is 29.7. The third-order valence-electron chi connectivity index (χ3n) is 7.27. The van der Waals surface area contributed by atoms with Gasteiger partial charge in [-0.15, -0.1) is 0 Å². The van der Waals surface area contributed by atoms with Gasteiger partial charge in [0.15, 0.2) is 0 Å². The SMILES string of the molecule is C.C=C(NCc1ccc(-c2ccnn2CC2CC2)cc1)C1CCCN1C(=O)C(C(C)C)C(C)C.CC. The molecule has 1 unspecified atom stereocenters. The van der Waals surface area contributed by atoms with Gasteiger partial charge in [0.1, 0.15) is 0 Å². The fourth-order valence-corrected chi connectivity index (χ4v) is 5.32. The van der Waals surface area contributed by atoms with Crippen molar-refractivity contribution in [1.29, 1.82) is 0 Å². The van der Waals surface area contributed by atoms with Gasteiger partial charge >= 0.3 is 0 Å². The number of rotatable bonds is 10. The molecule has 5 nitrogen and oxygen atoms in total. The molecule has 0 radical (unpaired) electrons. The second-order valence-corrected chi connectivity index (χ2v) is 10.6. The molecule has 200 valence electrons. The molecule has 1 N–H and O–H groups in total. The summed E-state index contributed by atoms with van der Waals surface area (Å²) >= 11 is 0. The lowest BCUT2D eigenvalue weighted by molar-refractivity contribution is -0.139. The van der Waals surface area contributed by atoms with Crippen LogP contribution in [0.1, 0.15) is 80.2 Å². The Morgan fingerprint density at radius 1 is 1.06 bits per heavy atom. The highest BCUT2D eigenvalue weighted by atomic mass is 16.2. The van der Waals surface area contributed by atoms with E-state index < -0.39 is 0 Å². The van der Waals surface area contributed by atoms with E-state index in [2.05, 4.69) is 84.6 Å². The molecule has 1 aliphatic heterocycles. The molecule has 1 atom stereocenters. The van der Waals surface area contributed by atoms with Crippen molar-refractivity contribution in [3.8, 4) is 11.3 Å². The number of likely N-dealkylation sites (tertiary alicyclic amines) is 1. The summed E-state index contributed by atoms with van der Waals surface area (Å²) in [6, 6.07) is 10.9. The van der Waals surface area contributed by atoms with Gasteiger partial charge in [0.25, 0.3) is 0 Å². The summed E-state index contributed by atoms with van der Waals surface area (Å²) in [5.74, 6) is 1.85. The first-order valence-corrected chi connectivity index (χ1v) is 13.7. The van der Waals surface area contributed by atoms with Crippen molar-refractivity contribution in [1.82, 2.24) is 20.0 Å². The Kier molecular flexibility index (Phi) is 11.3. The first-order valence-electron chi connectivity index (χ1n) is 13.7. The lowest BCUT2D eigenvalue weighted by atomic mass is 9.84. The van der Waals surface area contributed by atoms with E-state index in [-0.39, 0.29) is 25.3 Å². The van der Waals surface area contributed by atoms with Crippen molar-refractivity contribution in [2.24, 2.45) is 23.7 Å². The minimum absolute atomic E-state index is 0. The predicted molar refractivity (Wildman–Crippen MR) is 152 cm³/mol. The Bertz CT molecular complexity index is 947. The van der Waals surface area contributed by atoms with Crippen molar-refractivity contribution in [2.75, 3.05) is 6.54 Å². The molecule has 2 aliphatic rings. The van der Waals surface area contributed by atoms with Crippen molar-refractivity contribution in [3.63, 3.8) is 0 Å². The summed E-state index contributed by atoms with van der Waals surface area (Å²) in [5, 5.41) is 8.03. The smallest absolute Gasteiger partial charge is 0.226 e. The highest BCUT2D eigenvalue weighted by Crippen LogP contribution is 2.32. The third kappa shape index (κ3) is 7.24. The summed E-state index contributed by atoms with van der Waals surface area (Å²) in [4.78, 5) is 15.4. The number of carbonyl (C=O) groups is 1. The van der Waals surface area contributed by atoms with Crippen molar-refractivity contribution >= 4 is 5.91 Å². The van der Waals surface area contributed by atoms with Gasteiger partial charge in [-0.05, 0) is 60.6 Å². The van der Waals surface area contributed by atoms with E-state index in [4.69, 9.17) is 0 Å². The molecule has 4 rings (SSSR count). The topological polar surface area (TPSA) is 50.2 Å². The fraction of sp³-hybridized carbons (Fsp3) is 0.613. The lowest BCUT2D eigenvalue weighted by Crippen LogP contribution is -2.45. The van der Waals surface area contributed by atoms with Crippen LogP contribution in [-0.4, -0.2) is 33.2 Å². The molecule has 2 fully saturated rings. The number of nitrogens with zero attached hydrogens (tertiary/aromatic N) is 3. The van der Waals surface area contributed by atoms with E-state index in [1.54, 1.807) is 0 Å². The Morgan fingerprint density at radius 3 is 2.28 bits per heavy atom. The van der Waals surface area contributed by atoms with Gasteiger partial charge in [0.2, 0.25) is 5.91 Å². The molecule has 0 bridgehead atoms. The summed E-state index contributed by atoms with van der Waals surface area (Å²) in [6.07, 6.45) is 6.59. The van der Waals surface area contributed by atoms with E-state index in [1.165, 1.54) is 29.7 Å². The zero-order valence-electron chi connectivity index (χ0n) is 22.8. The predicted octanol–water partition coefficient (Wildman–Crippen LogP) is 7.14. The largest absolute Gasteiger partial charge is 0.383 e. The summed E-state index contributed by atoms with van der Waals surface area (Å²) in [5.41, 5.74) is 4.57. The second kappa shape index (κ2) is 13.7. The maximum Gasteiger partial charge on any atom is 0.226 e.